The Morgan fingerprint density at radius 3 is 2.50 bits per heavy atom. The van der Waals surface area contributed by atoms with Gasteiger partial charge >= 0.3 is 0 Å². The minimum atomic E-state index is 0.378. The van der Waals surface area contributed by atoms with Gasteiger partial charge in [-0.2, -0.15) is 0 Å². The van der Waals surface area contributed by atoms with Crippen molar-refractivity contribution in [2.75, 3.05) is 26.4 Å². The van der Waals surface area contributed by atoms with Gasteiger partial charge in [-0.15, -0.1) is 0 Å². The lowest BCUT2D eigenvalue weighted by molar-refractivity contribution is 0.0164. The number of hydrogen-bond donors (Lipinski definition) is 1. The van der Waals surface area contributed by atoms with Crippen LogP contribution >= 0.6 is 0 Å². The molecule has 0 aromatic carbocycles. The standard InChI is InChI=1S/C15H27NO2/c1-3-14(18-10-1)11-17-9-2-8-16-15(12-4-5-12)13-6-7-13/h12-16H,1-11H2. The summed E-state index contributed by atoms with van der Waals surface area (Å²) in [6.07, 6.45) is 9.76. The molecule has 18 heavy (non-hydrogen) atoms. The number of nitrogens with one attached hydrogen (secondary N) is 1. The van der Waals surface area contributed by atoms with Gasteiger partial charge in [0.05, 0.1) is 12.7 Å². The summed E-state index contributed by atoms with van der Waals surface area (Å²) in [5, 5.41) is 3.76. The first-order valence-corrected chi connectivity index (χ1v) is 7.86. The Morgan fingerprint density at radius 1 is 1.11 bits per heavy atom. The third-order valence-corrected chi connectivity index (χ3v) is 4.43. The van der Waals surface area contributed by atoms with Crippen LogP contribution in [-0.2, 0) is 9.47 Å². The molecule has 0 amide bonds. The van der Waals surface area contributed by atoms with E-state index in [1.54, 1.807) is 0 Å². The molecular weight excluding hydrogens is 226 g/mol. The maximum atomic E-state index is 5.69. The van der Waals surface area contributed by atoms with Crippen LogP contribution < -0.4 is 5.32 Å². The van der Waals surface area contributed by atoms with Crippen LogP contribution in [0.25, 0.3) is 0 Å². The smallest absolute Gasteiger partial charge is 0.0809 e. The highest BCUT2D eigenvalue weighted by molar-refractivity contribution is 4.96. The Bertz CT molecular complexity index is 233. The van der Waals surface area contributed by atoms with Crippen LogP contribution in [0.3, 0.4) is 0 Å². The summed E-state index contributed by atoms with van der Waals surface area (Å²) in [6, 6.07) is 0.836. The highest BCUT2D eigenvalue weighted by Gasteiger charge is 2.40. The van der Waals surface area contributed by atoms with E-state index < -0.39 is 0 Å². The predicted octanol–water partition coefficient (Wildman–Crippen LogP) is 2.35. The third-order valence-electron chi connectivity index (χ3n) is 4.43. The van der Waals surface area contributed by atoms with Crippen molar-refractivity contribution in [3.05, 3.63) is 0 Å². The molecule has 0 radical (unpaired) electrons. The van der Waals surface area contributed by atoms with Crippen LogP contribution in [0.15, 0.2) is 0 Å². The maximum Gasteiger partial charge on any atom is 0.0809 e. The molecule has 3 heteroatoms. The SMILES string of the molecule is C(CNC(C1CC1)C1CC1)COCC1CCCO1. The van der Waals surface area contributed by atoms with E-state index in [0.29, 0.717) is 6.10 Å². The first-order valence-electron chi connectivity index (χ1n) is 7.86. The molecule has 104 valence electrons. The van der Waals surface area contributed by atoms with Gasteiger partial charge in [0.25, 0.3) is 0 Å². The second-order valence-corrected chi connectivity index (χ2v) is 6.22. The van der Waals surface area contributed by atoms with Gasteiger partial charge in [-0.25, -0.2) is 0 Å². The number of ether oxygens (including phenoxy) is 2. The fourth-order valence-corrected chi connectivity index (χ4v) is 3.06. The molecule has 1 unspecified atom stereocenters. The summed E-state index contributed by atoms with van der Waals surface area (Å²) < 4.78 is 11.2. The molecule has 0 bridgehead atoms. The van der Waals surface area contributed by atoms with E-state index in [1.807, 2.05) is 0 Å². The molecule has 3 aliphatic rings. The topological polar surface area (TPSA) is 30.5 Å². The molecule has 0 aromatic rings. The highest BCUT2D eigenvalue weighted by Crippen LogP contribution is 2.44. The molecule has 1 aliphatic heterocycles. The van der Waals surface area contributed by atoms with Crippen LogP contribution in [0, 0.1) is 11.8 Å². The van der Waals surface area contributed by atoms with Crippen molar-refractivity contribution in [2.24, 2.45) is 11.8 Å². The lowest BCUT2D eigenvalue weighted by Crippen LogP contribution is -2.34. The first kappa shape index (κ1) is 12.9. The summed E-state index contributed by atoms with van der Waals surface area (Å²) in [4.78, 5) is 0. The zero-order chi connectivity index (χ0) is 12.2. The van der Waals surface area contributed by atoms with Crippen molar-refractivity contribution in [3.8, 4) is 0 Å². The maximum absolute atomic E-state index is 5.69. The number of hydrogen-bond acceptors (Lipinski definition) is 3. The average molecular weight is 253 g/mol. The summed E-state index contributed by atoms with van der Waals surface area (Å²) >= 11 is 0. The molecule has 3 fully saturated rings. The molecular formula is C15H27NO2. The van der Waals surface area contributed by atoms with Crippen molar-refractivity contribution in [2.45, 2.75) is 57.1 Å². The lowest BCUT2D eigenvalue weighted by Gasteiger charge is -2.17. The van der Waals surface area contributed by atoms with Gasteiger partial charge in [0, 0.05) is 19.3 Å². The van der Waals surface area contributed by atoms with Gasteiger partial charge in [0.15, 0.2) is 0 Å². The molecule has 2 saturated carbocycles. The fourth-order valence-electron chi connectivity index (χ4n) is 3.06. The Labute approximate surface area is 111 Å². The van der Waals surface area contributed by atoms with Crippen molar-refractivity contribution in [3.63, 3.8) is 0 Å². The van der Waals surface area contributed by atoms with E-state index in [1.165, 1.54) is 38.5 Å². The van der Waals surface area contributed by atoms with Crippen molar-refractivity contribution in [1.82, 2.24) is 5.32 Å². The molecule has 0 spiro atoms. The highest BCUT2D eigenvalue weighted by atomic mass is 16.5. The van der Waals surface area contributed by atoms with Gasteiger partial charge in [0.2, 0.25) is 0 Å². The molecule has 1 N–H and O–H groups in total. The van der Waals surface area contributed by atoms with Crippen molar-refractivity contribution < 1.29 is 9.47 Å². The second kappa shape index (κ2) is 6.36. The largest absolute Gasteiger partial charge is 0.379 e. The van der Waals surface area contributed by atoms with Gasteiger partial charge < -0.3 is 14.8 Å². The van der Waals surface area contributed by atoms with E-state index in [2.05, 4.69) is 5.32 Å². The van der Waals surface area contributed by atoms with Crippen molar-refractivity contribution in [1.29, 1.82) is 0 Å². The molecule has 2 aliphatic carbocycles. The summed E-state index contributed by atoms with van der Waals surface area (Å²) in [5.41, 5.74) is 0. The zero-order valence-electron chi connectivity index (χ0n) is 11.4. The normalized spacial score (nSPS) is 28.2. The Hall–Kier alpha value is -0.120. The van der Waals surface area contributed by atoms with Gasteiger partial charge in [0.1, 0.15) is 0 Å². The van der Waals surface area contributed by atoms with E-state index in [-0.39, 0.29) is 0 Å². The molecule has 1 heterocycles. The van der Waals surface area contributed by atoms with E-state index in [0.717, 1.165) is 50.7 Å². The van der Waals surface area contributed by atoms with Gasteiger partial charge in [-0.1, -0.05) is 0 Å². The zero-order valence-corrected chi connectivity index (χ0v) is 11.4. The molecule has 1 saturated heterocycles. The quantitative estimate of drug-likeness (QED) is 0.640. The van der Waals surface area contributed by atoms with E-state index >= 15 is 0 Å². The Kier molecular flexibility index (Phi) is 4.55. The van der Waals surface area contributed by atoms with Crippen LogP contribution in [0.1, 0.15) is 44.9 Å². The van der Waals surface area contributed by atoms with E-state index in [4.69, 9.17) is 9.47 Å². The van der Waals surface area contributed by atoms with Crippen molar-refractivity contribution >= 4 is 0 Å². The average Bonchev–Trinajstić information content (AvgIpc) is 3.30. The Morgan fingerprint density at radius 2 is 1.89 bits per heavy atom. The fraction of sp³-hybridized carbons (Fsp3) is 1.00. The first-order chi connectivity index (χ1) is 8.93. The molecule has 3 nitrogen and oxygen atoms in total. The van der Waals surface area contributed by atoms with Crippen LogP contribution in [0.2, 0.25) is 0 Å². The predicted molar refractivity (Wildman–Crippen MR) is 71.6 cm³/mol. The van der Waals surface area contributed by atoms with E-state index in [9.17, 15) is 0 Å². The minimum Gasteiger partial charge on any atom is -0.379 e. The molecule has 0 aromatic heterocycles. The van der Waals surface area contributed by atoms with Crippen LogP contribution in [-0.4, -0.2) is 38.5 Å². The molecule has 3 rings (SSSR count). The summed E-state index contributed by atoms with van der Waals surface area (Å²) in [5.74, 6) is 2.01. The lowest BCUT2D eigenvalue weighted by atomic mass is 10.1. The monoisotopic (exact) mass is 253 g/mol. The Balaban J connectivity index is 1.19. The second-order valence-electron chi connectivity index (χ2n) is 6.22. The van der Waals surface area contributed by atoms with Gasteiger partial charge in [-0.05, 0) is 63.3 Å². The molecule has 1 atom stereocenters. The number of rotatable bonds is 9. The third kappa shape index (κ3) is 3.94. The minimum absolute atomic E-state index is 0.378. The van der Waals surface area contributed by atoms with Gasteiger partial charge in [-0.3, -0.25) is 0 Å². The summed E-state index contributed by atoms with van der Waals surface area (Å²) in [7, 11) is 0. The van der Waals surface area contributed by atoms with Crippen LogP contribution in [0.5, 0.6) is 0 Å². The van der Waals surface area contributed by atoms with Crippen LogP contribution in [0.4, 0.5) is 0 Å². The summed E-state index contributed by atoms with van der Waals surface area (Å²) in [6.45, 7) is 3.74.